The van der Waals surface area contributed by atoms with Gasteiger partial charge in [0.2, 0.25) is 0 Å². The molecule has 6 aromatic rings. The van der Waals surface area contributed by atoms with Gasteiger partial charge in [0.25, 0.3) is 0 Å². The van der Waals surface area contributed by atoms with Gasteiger partial charge >= 0.3 is 0 Å². The number of H-pyrrole nitrogens is 2. The number of rotatable bonds is 3. The van der Waals surface area contributed by atoms with Crippen molar-refractivity contribution in [3.8, 4) is 0 Å². The van der Waals surface area contributed by atoms with Gasteiger partial charge in [-0.25, -0.2) is 9.97 Å². The van der Waals surface area contributed by atoms with Gasteiger partial charge in [-0.1, -0.05) is 54.6 Å². The Bertz CT molecular complexity index is 1900. The van der Waals surface area contributed by atoms with Crippen molar-refractivity contribution in [2.75, 3.05) is 4.90 Å². The second-order valence-corrected chi connectivity index (χ2v) is 10.2. The van der Waals surface area contributed by atoms with Crippen LogP contribution < -0.4 is 4.90 Å². The first-order valence-electron chi connectivity index (χ1n) is 14.2. The summed E-state index contributed by atoms with van der Waals surface area (Å²) in [4.78, 5) is 18.3. The number of benzene rings is 3. The normalized spacial score (nSPS) is 11.3. The Balaban J connectivity index is 0.000000157. The number of para-hydroxylation sites is 3. The topological polar surface area (TPSA) is 60.6 Å². The fourth-order valence-corrected chi connectivity index (χ4v) is 5.12. The predicted molar refractivity (Wildman–Crippen MR) is 180 cm³/mol. The molecule has 3 aromatic carbocycles. The van der Waals surface area contributed by atoms with Crippen LogP contribution >= 0.6 is 0 Å². The largest absolute Gasteiger partial charge is 0.355 e. The van der Waals surface area contributed by atoms with Gasteiger partial charge in [-0.2, -0.15) is 0 Å². The van der Waals surface area contributed by atoms with E-state index in [1.807, 2.05) is 60.7 Å². The van der Waals surface area contributed by atoms with Crippen LogP contribution in [0.5, 0.6) is 0 Å². The maximum absolute atomic E-state index is 4.62. The molecule has 0 atom stereocenters. The second-order valence-electron chi connectivity index (χ2n) is 10.2. The molecule has 0 spiro atoms. The number of fused-ring (bicyclic) bond motifs is 8. The molecular formula is C38H29CoN5. The molecule has 3 aromatic heterocycles. The molecule has 0 unspecified atom stereocenters. The van der Waals surface area contributed by atoms with Gasteiger partial charge in [-0.05, 0) is 109 Å². The van der Waals surface area contributed by atoms with Gasteiger partial charge in [0, 0.05) is 55.9 Å². The standard InChI is InChI=1S/C20H14N4.C18H15N.Co/c1-2-14-10-16-5-6-18(23-16)12-20-8-7-19(24-20)11-17-4-3-15(22-17)9-13(1)21-14;1-4-10-16(11-5-1)19(17-12-6-2-7-13-17)18-14-8-3-9-15-18;/h1-12,21-22H;1-15H;. The third kappa shape index (κ3) is 6.79. The monoisotopic (exact) mass is 614 g/mol. The maximum Gasteiger partial charge on any atom is 0.0659 e. The molecule has 0 aliphatic carbocycles. The minimum atomic E-state index is 0. The zero-order valence-corrected chi connectivity index (χ0v) is 24.8. The van der Waals surface area contributed by atoms with Crippen LogP contribution in [0.25, 0.3) is 46.4 Å². The Morgan fingerprint density at radius 2 is 0.682 bits per heavy atom. The number of nitrogens with zero attached hydrogens (tertiary/aromatic N) is 3. The second kappa shape index (κ2) is 13.3. The molecule has 6 heteroatoms. The van der Waals surface area contributed by atoms with Crippen LogP contribution in [0.3, 0.4) is 0 Å². The Kier molecular flexibility index (Phi) is 8.64. The van der Waals surface area contributed by atoms with E-state index in [1.165, 1.54) is 17.1 Å². The summed E-state index contributed by atoms with van der Waals surface area (Å²) in [5.41, 5.74) is 11.4. The summed E-state index contributed by atoms with van der Waals surface area (Å²) < 4.78 is 0. The van der Waals surface area contributed by atoms with Gasteiger partial charge in [-0.15, -0.1) is 0 Å². The van der Waals surface area contributed by atoms with E-state index in [0.29, 0.717) is 0 Å². The maximum atomic E-state index is 4.62. The fraction of sp³-hybridized carbons (Fsp3) is 0. The number of anilines is 3. The molecule has 2 N–H and O–H groups in total. The molecule has 215 valence electrons. The summed E-state index contributed by atoms with van der Waals surface area (Å²) in [5, 5.41) is 0. The number of aromatic nitrogens is 4. The predicted octanol–water partition coefficient (Wildman–Crippen LogP) is 9.81. The third-order valence-corrected chi connectivity index (χ3v) is 7.09. The van der Waals surface area contributed by atoms with Crippen molar-refractivity contribution in [1.82, 2.24) is 19.9 Å². The van der Waals surface area contributed by atoms with Crippen molar-refractivity contribution in [2.45, 2.75) is 0 Å². The summed E-state index contributed by atoms with van der Waals surface area (Å²) in [6.07, 6.45) is 8.05. The summed E-state index contributed by atoms with van der Waals surface area (Å²) in [6.45, 7) is 0. The zero-order chi connectivity index (χ0) is 28.8. The van der Waals surface area contributed by atoms with Crippen LogP contribution in [0.1, 0.15) is 22.8 Å². The van der Waals surface area contributed by atoms with Gasteiger partial charge in [0.05, 0.1) is 22.8 Å². The fourth-order valence-electron chi connectivity index (χ4n) is 5.12. The first-order valence-corrected chi connectivity index (χ1v) is 14.2. The Morgan fingerprint density at radius 3 is 1.05 bits per heavy atom. The SMILES string of the molecule is C1=Cc2cc3ccc(cc4ccc(cc5nc(cc1n2)C=C5)[nH]4)[nH]3.[Co].c1ccc(N(c2ccccc2)c2ccccc2)cc1. The summed E-state index contributed by atoms with van der Waals surface area (Å²) in [5.74, 6) is 0. The van der Waals surface area contributed by atoms with Crippen LogP contribution in [-0.2, 0) is 16.8 Å². The van der Waals surface area contributed by atoms with Crippen LogP contribution in [0.15, 0.2) is 140 Å². The van der Waals surface area contributed by atoms with Crippen LogP contribution in [-0.4, -0.2) is 19.9 Å². The van der Waals surface area contributed by atoms with E-state index >= 15 is 0 Å². The van der Waals surface area contributed by atoms with E-state index in [9.17, 15) is 0 Å². The molecule has 44 heavy (non-hydrogen) atoms. The molecule has 8 rings (SSSR count). The van der Waals surface area contributed by atoms with Gasteiger partial charge < -0.3 is 14.9 Å². The van der Waals surface area contributed by atoms with E-state index in [-0.39, 0.29) is 16.8 Å². The number of aromatic amines is 2. The summed E-state index contributed by atoms with van der Waals surface area (Å²) >= 11 is 0. The van der Waals surface area contributed by atoms with Crippen LogP contribution in [0.2, 0.25) is 0 Å². The number of hydrogen-bond acceptors (Lipinski definition) is 3. The van der Waals surface area contributed by atoms with Crippen LogP contribution in [0.4, 0.5) is 17.1 Å². The molecule has 8 bridgehead atoms. The minimum Gasteiger partial charge on any atom is -0.355 e. The van der Waals surface area contributed by atoms with Crippen LogP contribution in [0, 0.1) is 0 Å². The van der Waals surface area contributed by atoms with Crippen molar-refractivity contribution in [3.63, 3.8) is 0 Å². The Hall–Kier alpha value is -5.43. The molecular weight excluding hydrogens is 585 g/mol. The molecule has 5 heterocycles. The van der Waals surface area contributed by atoms with E-state index in [4.69, 9.17) is 0 Å². The molecule has 5 nitrogen and oxygen atoms in total. The third-order valence-electron chi connectivity index (χ3n) is 7.09. The van der Waals surface area contributed by atoms with Crippen molar-refractivity contribution in [3.05, 3.63) is 162 Å². The Labute approximate surface area is 266 Å². The molecule has 0 amide bonds. The summed E-state index contributed by atoms with van der Waals surface area (Å²) in [6, 6.07) is 47.7. The van der Waals surface area contributed by atoms with E-state index in [0.717, 1.165) is 44.8 Å². The minimum absolute atomic E-state index is 0. The first kappa shape index (κ1) is 28.7. The van der Waals surface area contributed by atoms with Crippen molar-refractivity contribution in [1.29, 1.82) is 0 Å². The van der Waals surface area contributed by atoms with E-state index in [2.05, 4.69) is 128 Å². The van der Waals surface area contributed by atoms with Gasteiger partial charge in [-0.3, -0.25) is 0 Å². The Morgan fingerprint density at radius 1 is 0.364 bits per heavy atom. The number of hydrogen-bond donors (Lipinski definition) is 2. The van der Waals surface area contributed by atoms with E-state index < -0.39 is 0 Å². The average molecular weight is 615 g/mol. The zero-order valence-electron chi connectivity index (χ0n) is 23.8. The average Bonchev–Trinajstić information content (AvgIpc) is 3.86. The smallest absolute Gasteiger partial charge is 0.0659 e. The van der Waals surface area contributed by atoms with Gasteiger partial charge in [0.15, 0.2) is 0 Å². The first-order chi connectivity index (χ1) is 21.2. The molecule has 2 aliphatic rings. The van der Waals surface area contributed by atoms with E-state index in [1.54, 1.807) is 0 Å². The van der Waals surface area contributed by atoms with Crippen molar-refractivity contribution in [2.24, 2.45) is 0 Å². The molecule has 0 saturated heterocycles. The van der Waals surface area contributed by atoms with Crippen molar-refractivity contribution < 1.29 is 16.8 Å². The molecule has 1 radical (unpaired) electrons. The quantitative estimate of drug-likeness (QED) is 0.208. The molecule has 2 aliphatic heterocycles. The van der Waals surface area contributed by atoms with Crippen molar-refractivity contribution >= 4 is 63.4 Å². The molecule has 0 saturated carbocycles. The molecule has 0 fully saturated rings. The van der Waals surface area contributed by atoms with Gasteiger partial charge in [0.1, 0.15) is 0 Å². The summed E-state index contributed by atoms with van der Waals surface area (Å²) in [7, 11) is 0. The number of nitrogens with one attached hydrogen (secondary N) is 2.